The highest BCUT2D eigenvalue weighted by Gasteiger charge is 2.48. The number of aliphatic carboxylic acids is 1. The standard InChI is InChI=1S/C24H24N2O4/c1-25-18(14-27)22(24(29)30)21-16-10-5-6-12-19(16)26(20-13-7-11-17(20)21)23(28)15-8-3-2-4-9-15/h2-6,8-10,12,14,17,20-21,25H,7,11,13H2,1H3,(H,29,30)/b22-18+. The highest BCUT2D eigenvalue weighted by molar-refractivity contribution is 6.08. The zero-order chi connectivity index (χ0) is 21.3. The van der Waals surface area contributed by atoms with Crippen LogP contribution in [0.3, 0.4) is 0 Å². The van der Waals surface area contributed by atoms with E-state index in [1.165, 1.54) is 0 Å². The number of amides is 1. The van der Waals surface area contributed by atoms with Gasteiger partial charge in [0, 0.05) is 30.3 Å². The van der Waals surface area contributed by atoms with Gasteiger partial charge in [-0.15, -0.1) is 0 Å². The van der Waals surface area contributed by atoms with E-state index in [9.17, 15) is 19.5 Å². The third kappa shape index (κ3) is 3.18. The van der Waals surface area contributed by atoms with Crippen LogP contribution < -0.4 is 10.2 Å². The summed E-state index contributed by atoms with van der Waals surface area (Å²) in [5.74, 6) is -1.72. The third-order valence-electron chi connectivity index (χ3n) is 6.28. The lowest BCUT2D eigenvalue weighted by Crippen LogP contribution is -2.49. The number of carboxylic acids is 1. The van der Waals surface area contributed by atoms with E-state index in [0.717, 1.165) is 30.5 Å². The number of likely N-dealkylation sites (N-methyl/N-ethyl adjacent to an activating group) is 1. The van der Waals surface area contributed by atoms with Gasteiger partial charge < -0.3 is 15.3 Å². The molecule has 0 bridgehead atoms. The highest BCUT2D eigenvalue weighted by atomic mass is 16.4. The minimum atomic E-state index is -1.11. The van der Waals surface area contributed by atoms with Crippen LogP contribution in [0.5, 0.6) is 0 Å². The molecule has 1 amide bonds. The van der Waals surface area contributed by atoms with Crippen LogP contribution in [-0.2, 0) is 9.59 Å². The number of para-hydroxylation sites is 1. The van der Waals surface area contributed by atoms with E-state index in [1.807, 2.05) is 47.4 Å². The number of aldehydes is 1. The molecule has 6 nitrogen and oxygen atoms in total. The number of rotatable bonds is 5. The average Bonchev–Trinajstić information content (AvgIpc) is 3.25. The fourth-order valence-electron chi connectivity index (χ4n) is 5.08. The number of nitrogens with one attached hydrogen (secondary N) is 1. The van der Waals surface area contributed by atoms with Crippen LogP contribution >= 0.6 is 0 Å². The lowest BCUT2D eigenvalue weighted by Gasteiger charge is -2.44. The van der Waals surface area contributed by atoms with Gasteiger partial charge in [-0.1, -0.05) is 42.8 Å². The molecule has 1 fully saturated rings. The zero-order valence-electron chi connectivity index (χ0n) is 16.7. The molecule has 0 saturated heterocycles. The van der Waals surface area contributed by atoms with Crippen LogP contribution in [0.4, 0.5) is 5.69 Å². The summed E-state index contributed by atoms with van der Waals surface area (Å²) in [6.45, 7) is 0. The summed E-state index contributed by atoms with van der Waals surface area (Å²) >= 11 is 0. The number of anilines is 1. The number of hydrogen-bond donors (Lipinski definition) is 2. The van der Waals surface area contributed by atoms with Crippen LogP contribution in [0, 0.1) is 5.92 Å². The molecule has 1 aliphatic heterocycles. The molecule has 0 aromatic heterocycles. The summed E-state index contributed by atoms with van der Waals surface area (Å²) in [4.78, 5) is 39.2. The molecule has 4 rings (SSSR count). The molecule has 2 N–H and O–H groups in total. The molecule has 1 saturated carbocycles. The number of carboxylic acid groups (broad SMARTS) is 1. The molecule has 1 heterocycles. The number of carbonyl (C=O) groups is 3. The molecule has 1 aliphatic carbocycles. The largest absolute Gasteiger partial charge is 0.478 e. The van der Waals surface area contributed by atoms with Crippen molar-refractivity contribution in [2.75, 3.05) is 11.9 Å². The molecule has 0 spiro atoms. The molecule has 0 radical (unpaired) electrons. The normalized spacial score (nSPS) is 23.1. The summed E-state index contributed by atoms with van der Waals surface area (Å²) < 4.78 is 0. The Morgan fingerprint density at radius 3 is 2.43 bits per heavy atom. The van der Waals surface area contributed by atoms with Gasteiger partial charge in [0.1, 0.15) is 0 Å². The van der Waals surface area contributed by atoms with E-state index >= 15 is 0 Å². The van der Waals surface area contributed by atoms with Gasteiger partial charge in [0.2, 0.25) is 0 Å². The van der Waals surface area contributed by atoms with Gasteiger partial charge >= 0.3 is 5.97 Å². The van der Waals surface area contributed by atoms with Crippen molar-refractivity contribution in [3.05, 3.63) is 77.0 Å². The average molecular weight is 404 g/mol. The Labute approximate surface area is 175 Å². The quantitative estimate of drug-likeness (QED) is 0.590. The number of fused-ring (bicyclic) bond motifs is 2. The van der Waals surface area contributed by atoms with Gasteiger partial charge in [-0.25, -0.2) is 4.79 Å². The van der Waals surface area contributed by atoms with Crippen LogP contribution in [0.15, 0.2) is 65.9 Å². The number of nitrogens with zero attached hydrogens (tertiary/aromatic N) is 1. The monoisotopic (exact) mass is 404 g/mol. The van der Waals surface area contributed by atoms with Crippen LogP contribution in [-0.4, -0.2) is 36.4 Å². The predicted molar refractivity (Wildman–Crippen MR) is 113 cm³/mol. The molecular weight excluding hydrogens is 380 g/mol. The van der Waals surface area contributed by atoms with Gasteiger partial charge in [-0.3, -0.25) is 9.59 Å². The number of hydrogen-bond acceptors (Lipinski definition) is 4. The smallest absolute Gasteiger partial charge is 0.334 e. The van der Waals surface area contributed by atoms with Gasteiger partial charge in [0.05, 0.1) is 11.3 Å². The topological polar surface area (TPSA) is 86.7 Å². The Kier molecular flexibility index (Phi) is 5.40. The van der Waals surface area contributed by atoms with Crippen LogP contribution in [0.25, 0.3) is 0 Å². The first-order valence-electron chi connectivity index (χ1n) is 10.2. The molecule has 2 aromatic rings. The molecule has 2 aliphatic rings. The molecule has 154 valence electrons. The fraction of sp³-hybridized carbons (Fsp3) is 0.292. The first-order valence-corrected chi connectivity index (χ1v) is 10.2. The maximum absolute atomic E-state index is 13.5. The Bertz CT molecular complexity index is 1010. The number of benzene rings is 2. The SMILES string of the molecule is CN/C(C=O)=C(/C(=O)O)C1c2ccccc2N(C(=O)c2ccccc2)C2CCCC12. The summed E-state index contributed by atoms with van der Waals surface area (Å²) in [6.07, 6.45) is 3.07. The molecule has 3 atom stereocenters. The van der Waals surface area contributed by atoms with Gasteiger partial charge in [-0.2, -0.15) is 0 Å². The second-order valence-electron chi connectivity index (χ2n) is 7.74. The minimum Gasteiger partial charge on any atom is -0.478 e. The summed E-state index contributed by atoms with van der Waals surface area (Å²) in [7, 11) is 1.55. The van der Waals surface area contributed by atoms with E-state index in [-0.39, 0.29) is 29.1 Å². The van der Waals surface area contributed by atoms with Crippen molar-refractivity contribution in [2.24, 2.45) is 5.92 Å². The second-order valence-corrected chi connectivity index (χ2v) is 7.74. The maximum atomic E-state index is 13.5. The molecule has 6 heteroatoms. The number of allylic oxidation sites excluding steroid dienone is 1. The van der Waals surface area contributed by atoms with E-state index in [1.54, 1.807) is 19.2 Å². The lowest BCUT2D eigenvalue weighted by molar-refractivity contribution is -0.133. The highest BCUT2D eigenvalue weighted by Crippen LogP contribution is 2.52. The second kappa shape index (κ2) is 8.14. The first-order chi connectivity index (χ1) is 14.6. The van der Waals surface area contributed by atoms with Crippen molar-refractivity contribution >= 4 is 23.9 Å². The summed E-state index contributed by atoms with van der Waals surface area (Å²) in [5.41, 5.74) is 2.25. The Morgan fingerprint density at radius 2 is 1.77 bits per heavy atom. The Hall–Kier alpha value is -3.41. The van der Waals surface area contributed by atoms with E-state index in [4.69, 9.17) is 0 Å². The van der Waals surface area contributed by atoms with Gasteiger partial charge in [0.25, 0.3) is 5.91 Å². The van der Waals surface area contributed by atoms with Crippen LogP contribution in [0.2, 0.25) is 0 Å². The van der Waals surface area contributed by atoms with Crippen molar-refractivity contribution in [3.8, 4) is 0 Å². The summed E-state index contributed by atoms with van der Waals surface area (Å²) in [6, 6.07) is 16.5. The Morgan fingerprint density at radius 1 is 1.07 bits per heavy atom. The van der Waals surface area contributed by atoms with E-state index in [0.29, 0.717) is 11.8 Å². The molecule has 30 heavy (non-hydrogen) atoms. The van der Waals surface area contributed by atoms with Crippen molar-refractivity contribution in [1.29, 1.82) is 0 Å². The van der Waals surface area contributed by atoms with Gasteiger partial charge in [0.15, 0.2) is 6.29 Å². The zero-order valence-corrected chi connectivity index (χ0v) is 16.7. The maximum Gasteiger partial charge on any atom is 0.334 e. The van der Waals surface area contributed by atoms with Crippen molar-refractivity contribution in [3.63, 3.8) is 0 Å². The van der Waals surface area contributed by atoms with Crippen molar-refractivity contribution in [2.45, 2.75) is 31.2 Å². The van der Waals surface area contributed by atoms with Crippen molar-refractivity contribution in [1.82, 2.24) is 5.32 Å². The van der Waals surface area contributed by atoms with Gasteiger partial charge in [-0.05, 0) is 42.5 Å². The fourth-order valence-corrected chi connectivity index (χ4v) is 5.08. The summed E-state index contributed by atoms with van der Waals surface area (Å²) in [5, 5.41) is 12.8. The van der Waals surface area contributed by atoms with Crippen molar-refractivity contribution < 1.29 is 19.5 Å². The first kappa shape index (κ1) is 19.9. The molecule has 3 unspecified atom stereocenters. The number of carbonyl (C=O) groups excluding carboxylic acids is 2. The Balaban J connectivity index is 1.91. The predicted octanol–water partition coefficient (Wildman–Crippen LogP) is 3.36. The van der Waals surface area contributed by atoms with E-state index < -0.39 is 11.9 Å². The third-order valence-corrected chi connectivity index (χ3v) is 6.28. The van der Waals surface area contributed by atoms with E-state index in [2.05, 4.69) is 5.32 Å². The van der Waals surface area contributed by atoms with Crippen LogP contribution in [0.1, 0.15) is 41.1 Å². The lowest BCUT2D eigenvalue weighted by atomic mass is 9.73. The minimum absolute atomic E-state index is 0.0676. The molecule has 2 aromatic carbocycles. The molecular formula is C24H24N2O4.